The summed E-state index contributed by atoms with van der Waals surface area (Å²) in [4.78, 5) is 19.1. The lowest BCUT2D eigenvalue weighted by atomic mass is 9.89. The van der Waals surface area contributed by atoms with Crippen molar-refractivity contribution in [3.63, 3.8) is 0 Å². The first kappa shape index (κ1) is 16.5. The molecule has 0 aromatic heterocycles. The van der Waals surface area contributed by atoms with Crippen molar-refractivity contribution in [2.75, 3.05) is 49.5 Å². The number of hydrogen-bond donors (Lipinski definition) is 0. The molecule has 0 unspecified atom stereocenters. The first-order valence-electron chi connectivity index (χ1n) is 11.8. The molecule has 0 N–H and O–H groups in total. The Morgan fingerprint density at radius 2 is 2.00 bits per heavy atom. The molecule has 152 valence electrons. The van der Waals surface area contributed by atoms with Crippen molar-refractivity contribution in [1.29, 1.82) is 0 Å². The highest BCUT2D eigenvalue weighted by Gasteiger charge is 2.44. The van der Waals surface area contributed by atoms with Crippen molar-refractivity contribution in [1.82, 2.24) is 4.90 Å². The Hall–Kier alpha value is -2.33. The van der Waals surface area contributed by atoms with Gasteiger partial charge in [-0.25, -0.2) is 0 Å². The number of carbonyl (C=O) groups is 1. The van der Waals surface area contributed by atoms with E-state index in [2.05, 4.69) is 28.0 Å². The Labute approximate surface area is 176 Å². The Kier molecular flexibility index (Phi) is 4.25. The first-order valence-corrected chi connectivity index (χ1v) is 10.8. The van der Waals surface area contributed by atoms with Gasteiger partial charge in [0, 0.05) is 57.1 Å². The van der Waals surface area contributed by atoms with E-state index in [0.717, 1.165) is 43.7 Å². The average Bonchev–Trinajstić information content (AvgIpc) is 3.06. The molecule has 0 saturated carbocycles. The average molecular weight is 392 g/mol. The highest BCUT2D eigenvalue weighted by atomic mass is 16.1. The van der Waals surface area contributed by atoms with E-state index in [-0.39, 0.29) is 5.78 Å². The predicted octanol–water partition coefficient (Wildman–Crippen LogP) is 4.09. The lowest BCUT2D eigenvalue weighted by molar-refractivity contribution is 0.0971. The van der Waals surface area contributed by atoms with Gasteiger partial charge in [0.15, 0.2) is 5.78 Å². The zero-order chi connectivity index (χ0) is 21.8. The molecule has 0 aliphatic carbocycles. The van der Waals surface area contributed by atoms with E-state index < -0.39 is 6.50 Å². The summed E-state index contributed by atoms with van der Waals surface area (Å²) in [6.07, 6.45) is 2.52. The van der Waals surface area contributed by atoms with Gasteiger partial charge in [0.2, 0.25) is 0 Å². The van der Waals surface area contributed by atoms with E-state index in [4.69, 9.17) is 2.74 Å². The maximum atomic E-state index is 12.5. The zero-order valence-corrected chi connectivity index (χ0v) is 17.4. The fourth-order valence-corrected chi connectivity index (χ4v) is 5.30. The summed E-state index contributed by atoms with van der Waals surface area (Å²) in [6, 6.07) is 14.6. The lowest BCUT2D eigenvalue weighted by Gasteiger charge is -2.41. The van der Waals surface area contributed by atoms with Crippen LogP contribution < -0.4 is 9.80 Å². The normalized spacial score (nSPS) is 25.9. The number of fused-ring (bicyclic) bond motifs is 3. The predicted molar refractivity (Wildman–Crippen MR) is 119 cm³/mol. The molecule has 5 rings (SSSR count). The number of hydrogen-bond acceptors (Lipinski definition) is 4. The van der Waals surface area contributed by atoms with Crippen molar-refractivity contribution in [3.8, 4) is 0 Å². The number of piperidine rings is 1. The number of benzene rings is 2. The minimum atomic E-state index is -1.35. The van der Waals surface area contributed by atoms with E-state index >= 15 is 0 Å². The second-order valence-electron chi connectivity index (χ2n) is 8.72. The summed E-state index contributed by atoms with van der Waals surface area (Å²) in [5, 5.41) is 0. The van der Waals surface area contributed by atoms with Gasteiger partial charge in [-0.05, 0) is 37.9 Å². The summed E-state index contributed by atoms with van der Waals surface area (Å²) < 4.78 is 17.0. The molecule has 3 aliphatic heterocycles. The number of likely N-dealkylation sites (N-methyl/N-ethyl adjacent to an activating group) is 1. The third kappa shape index (κ3) is 3.33. The molecule has 2 aromatic rings. The largest absolute Gasteiger partial charge is 0.371 e. The topological polar surface area (TPSA) is 26.8 Å². The minimum Gasteiger partial charge on any atom is -0.371 e. The van der Waals surface area contributed by atoms with Crippen LogP contribution in [0.5, 0.6) is 0 Å². The number of ketones is 1. The molecule has 3 aliphatic rings. The van der Waals surface area contributed by atoms with Gasteiger partial charge in [0.25, 0.3) is 0 Å². The van der Waals surface area contributed by atoms with Gasteiger partial charge in [-0.1, -0.05) is 42.0 Å². The Bertz CT molecular complexity index is 991. The molecule has 0 amide bonds. The van der Waals surface area contributed by atoms with Crippen LogP contribution in [0, 0.1) is 6.92 Å². The van der Waals surface area contributed by atoms with Crippen molar-refractivity contribution < 1.29 is 7.54 Å². The van der Waals surface area contributed by atoms with Crippen molar-refractivity contribution in [3.05, 3.63) is 59.2 Å². The van der Waals surface area contributed by atoms with Crippen LogP contribution in [0.4, 0.5) is 11.4 Å². The Balaban J connectivity index is 1.25. The molecular weight excluding hydrogens is 358 g/mol. The molecule has 1 saturated heterocycles. The summed E-state index contributed by atoms with van der Waals surface area (Å²) in [7, 11) is 1.87. The monoisotopic (exact) mass is 391 g/mol. The maximum Gasteiger partial charge on any atom is 0.162 e. The zero-order valence-electron chi connectivity index (χ0n) is 19.4. The van der Waals surface area contributed by atoms with Crippen LogP contribution in [0.15, 0.2) is 42.5 Å². The van der Waals surface area contributed by atoms with E-state index in [1.54, 1.807) is 4.90 Å². The summed E-state index contributed by atoms with van der Waals surface area (Å²) in [6.45, 7) is 4.06. The van der Waals surface area contributed by atoms with E-state index in [1.165, 1.54) is 16.8 Å². The molecule has 4 heteroatoms. The van der Waals surface area contributed by atoms with Crippen LogP contribution in [-0.4, -0.2) is 56.4 Å². The van der Waals surface area contributed by atoms with Gasteiger partial charge in [-0.15, -0.1) is 0 Å². The van der Waals surface area contributed by atoms with Crippen LogP contribution in [0.3, 0.4) is 0 Å². The third-order valence-electron chi connectivity index (χ3n) is 6.88. The number of likely N-dealkylation sites (tertiary alicyclic amines) is 1. The molecule has 29 heavy (non-hydrogen) atoms. The van der Waals surface area contributed by atoms with Gasteiger partial charge in [-0.2, -0.15) is 0 Å². The van der Waals surface area contributed by atoms with Crippen LogP contribution in [0.1, 0.15) is 49.4 Å². The molecule has 1 fully saturated rings. The van der Waals surface area contributed by atoms with E-state index in [0.29, 0.717) is 24.9 Å². The quantitative estimate of drug-likeness (QED) is 0.718. The van der Waals surface area contributed by atoms with E-state index in [9.17, 15) is 4.79 Å². The standard InChI is InChI=1S/C25H31N3O/c1-18-8-10-19(11-9-18)24(29)7-4-13-27-14-12-22-21(17-27)20-5-3-6-23-25(20)28(22)16-15-26(23)2/h3,5-6,8-11,21-22H,4,7,12-17H2,1-2H3/t21-,22-/m0/s1/i15D2. The fraction of sp³-hybridized carbons (Fsp3) is 0.480. The highest BCUT2D eigenvalue weighted by molar-refractivity contribution is 5.96. The molecule has 0 spiro atoms. The van der Waals surface area contributed by atoms with Crippen LogP contribution >= 0.6 is 0 Å². The SMILES string of the molecule is [2H]C1([2H])CN2c3c(cccc3N1C)[C@@H]1CN(CCCC(=O)c3ccc(C)cc3)CC[C@@H]12. The Morgan fingerprint density at radius 3 is 2.83 bits per heavy atom. The van der Waals surface area contributed by atoms with Gasteiger partial charge in [0.05, 0.1) is 14.1 Å². The maximum absolute atomic E-state index is 12.5. The third-order valence-corrected chi connectivity index (χ3v) is 6.88. The van der Waals surface area contributed by atoms with Crippen LogP contribution in [-0.2, 0) is 0 Å². The molecular formula is C25H31N3O. The van der Waals surface area contributed by atoms with Crippen LogP contribution in [0.2, 0.25) is 0 Å². The number of aryl methyl sites for hydroxylation is 1. The Morgan fingerprint density at radius 1 is 1.17 bits per heavy atom. The van der Waals surface area contributed by atoms with Crippen molar-refractivity contribution in [2.45, 2.75) is 38.1 Å². The van der Waals surface area contributed by atoms with Gasteiger partial charge >= 0.3 is 0 Å². The van der Waals surface area contributed by atoms with Gasteiger partial charge in [-0.3, -0.25) is 4.79 Å². The molecule has 2 aromatic carbocycles. The van der Waals surface area contributed by atoms with Crippen molar-refractivity contribution in [2.24, 2.45) is 0 Å². The lowest BCUT2D eigenvalue weighted by Crippen LogP contribution is -2.49. The minimum absolute atomic E-state index is 0.230. The van der Waals surface area contributed by atoms with E-state index in [1.807, 2.05) is 38.2 Å². The molecule has 0 bridgehead atoms. The summed E-state index contributed by atoms with van der Waals surface area (Å²) in [5.41, 5.74) is 5.61. The number of Topliss-reactive ketones (excluding diaryl/α,β-unsaturated/α-hetero) is 1. The number of anilines is 2. The van der Waals surface area contributed by atoms with Gasteiger partial charge < -0.3 is 14.7 Å². The molecule has 3 heterocycles. The number of para-hydroxylation sites is 1. The number of rotatable bonds is 5. The van der Waals surface area contributed by atoms with Gasteiger partial charge in [0.1, 0.15) is 0 Å². The highest BCUT2D eigenvalue weighted by Crippen LogP contribution is 2.50. The summed E-state index contributed by atoms with van der Waals surface area (Å²) in [5.74, 6) is 0.645. The second-order valence-corrected chi connectivity index (χ2v) is 8.72. The molecule has 4 nitrogen and oxygen atoms in total. The number of carbonyl (C=O) groups excluding carboxylic acids is 1. The number of nitrogens with zero attached hydrogens (tertiary/aromatic N) is 3. The first-order chi connectivity index (χ1) is 14.8. The van der Waals surface area contributed by atoms with Crippen molar-refractivity contribution >= 4 is 17.2 Å². The van der Waals surface area contributed by atoms with Crippen LogP contribution in [0.25, 0.3) is 0 Å². The summed E-state index contributed by atoms with van der Waals surface area (Å²) >= 11 is 0. The smallest absolute Gasteiger partial charge is 0.162 e. The molecule has 2 atom stereocenters. The second kappa shape index (κ2) is 7.49. The fourth-order valence-electron chi connectivity index (χ4n) is 5.30. The molecule has 0 radical (unpaired) electrons.